The zero-order valence-corrected chi connectivity index (χ0v) is 13.3. The highest BCUT2D eigenvalue weighted by molar-refractivity contribution is 6.35. The Morgan fingerprint density at radius 1 is 1.21 bits per heavy atom. The smallest absolute Gasteiger partial charge is 0.329 e. The summed E-state index contributed by atoms with van der Waals surface area (Å²) in [5.41, 5.74) is 2.75. The highest BCUT2D eigenvalue weighted by Gasteiger charge is 2.13. The van der Waals surface area contributed by atoms with Crippen molar-refractivity contribution in [1.82, 2.24) is 15.6 Å². The number of hydrogen-bond acceptors (Lipinski definition) is 5. The summed E-state index contributed by atoms with van der Waals surface area (Å²) in [5, 5.41) is 6.21. The van der Waals surface area contributed by atoms with Crippen LogP contribution in [0.5, 0.6) is 0 Å². The molecular formula is C16H21FN4O3. The maximum atomic E-state index is 12.7. The van der Waals surface area contributed by atoms with E-state index < -0.39 is 11.8 Å². The second kappa shape index (κ2) is 9.74. The van der Waals surface area contributed by atoms with Gasteiger partial charge in [0.1, 0.15) is 5.82 Å². The average molecular weight is 336 g/mol. The van der Waals surface area contributed by atoms with E-state index in [1.807, 2.05) is 0 Å². The Morgan fingerprint density at radius 3 is 2.62 bits per heavy atom. The number of carbonyl (C=O) groups excluding carboxylic acids is 2. The zero-order chi connectivity index (χ0) is 17.2. The molecule has 0 unspecified atom stereocenters. The molecule has 0 aliphatic carbocycles. The Labute approximate surface area is 139 Å². The van der Waals surface area contributed by atoms with Crippen molar-refractivity contribution in [3.63, 3.8) is 0 Å². The molecule has 0 bridgehead atoms. The average Bonchev–Trinajstić information content (AvgIpc) is 2.61. The maximum absolute atomic E-state index is 12.7. The number of morpholine rings is 1. The van der Waals surface area contributed by atoms with E-state index in [2.05, 4.69) is 20.7 Å². The molecule has 24 heavy (non-hydrogen) atoms. The van der Waals surface area contributed by atoms with Crippen LogP contribution in [0.4, 0.5) is 4.39 Å². The minimum absolute atomic E-state index is 0.354. The van der Waals surface area contributed by atoms with Gasteiger partial charge in [0.15, 0.2) is 0 Å². The molecule has 130 valence electrons. The predicted molar refractivity (Wildman–Crippen MR) is 87.0 cm³/mol. The van der Waals surface area contributed by atoms with Crippen LogP contribution in [0.2, 0.25) is 0 Å². The molecule has 1 aliphatic heterocycles. The quantitative estimate of drug-likeness (QED) is 0.334. The van der Waals surface area contributed by atoms with Crippen LogP contribution in [0.3, 0.4) is 0 Å². The molecule has 1 heterocycles. The predicted octanol–water partition coefficient (Wildman–Crippen LogP) is 0.114. The first kappa shape index (κ1) is 18.0. The van der Waals surface area contributed by atoms with Gasteiger partial charge in [0, 0.05) is 19.6 Å². The van der Waals surface area contributed by atoms with Crippen molar-refractivity contribution in [1.29, 1.82) is 0 Å². The topological polar surface area (TPSA) is 83.0 Å². The lowest BCUT2D eigenvalue weighted by Gasteiger charge is -2.26. The first-order valence-corrected chi connectivity index (χ1v) is 7.82. The second-order valence-electron chi connectivity index (χ2n) is 5.31. The Morgan fingerprint density at radius 2 is 1.92 bits per heavy atom. The molecule has 0 aromatic heterocycles. The van der Waals surface area contributed by atoms with Crippen LogP contribution in [0.15, 0.2) is 29.4 Å². The van der Waals surface area contributed by atoms with Crippen LogP contribution in [0.1, 0.15) is 12.0 Å². The van der Waals surface area contributed by atoms with Gasteiger partial charge in [-0.15, -0.1) is 0 Å². The molecular weight excluding hydrogens is 315 g/mol. The third-order valence-electron chi connectivity index (χ3n) is 3.50. The summed E-state index contributed by atoms with van der Waals surface area (Å²) in [7, 11) is 0. The Hall–Kier alpha value is -2.32. The summed E-state index contributed by atoms with van der Waals surface area (Å²) in [6, 6.07) is 5.59. The highest BCUT2D eigenvalue weighted by atomic mass is 19.1. The molecule has 1 aromatic carbocycles. The van der Waals surface area contributed by atoms with Gasteiger partial charge in [-0.25, -0.2) is 9.82 Å². The number of rotatable bonds is 6. The summed E-state index contributed by atoms with van der Waals surface area (Å²) in [4.78, 5) is 25.4. The Bertz CT molecular complexity index is 571. The van der Waals surface area contributed by atoms with E-state index in [4.69, 9.17) is 4.74 Å². The molecule has 1 aromatic rings. The van der Waals surface area contributed by atoms with Crippen molar-refractivity contribution in [2.75, 3.05) is 39.4 Å². The number of ether oxygens (including phenoxy) is 1. The number of hydrazone groups is 1. The van der Waals surface area contributed by atoms with Gasteiger partial charge in [0.25, 0.3) is 0 Å². The van der Waals surface area contributed by atoms with E-state index in [1.54, 1.807) is 0 Å². The SMILES string of the molecule is O=C(NCCCN1CCOCC1)C(=O)NN=Cc1ccc(F)cc1. The number of nitrogens with one attached hydrogen (secondary N) is 2. The molecule has 2 amide bonds. The van der Waals surface area contributed by atoms with Crippen LogP contribution in [0.25, 0.3) is 0 Å². The van der Waals surface area contributed by atoms with Crippen molar-refractivity contribution in [2.24, 2.45) is 5.10 Å². The maximum Gasteiger partial charge on any atom is 0.329 e. The monoisotopic (exact) mass is 336 g/mol. The number of benzene rings is 1. The van der Waals surface area contributed by atoms with Gasteiger partial charge in [-0.2, -0.15) is 5.10 Å². The van der Waals surface area contributed by atoms with Gasteiger partial charge in [0.05, 0.1) is 19.4 Å². The summed E-state index contributed by atoms with van der Waals surface area (Å²) >= 11 is 0. The molecule has 0 radical (unpaired) electrons. The molecule has 0 atom stereocenters. The lowest BCUT2D eigenvalue weighted by atomic mass is 10.2. The molecule has 0 saturated carbocycles. The molecule has 2 N–H and O–H groups in total. The van der Waals surface area contributed by atoms with E-state index in [1.165, 1.54) is 30.5 Å². The molecule has 1 saturated heterocycles. The summed E-state index contributed by atoms with van der Waals surface area (Å²) in [6.07, 6.45) is 2.10. The van der Waals surface area contributed by atoms with Crippen LogP contribution >= 0.6 is 0 Å². The lowest BCUT2D eigenvalue weighted by Crippen LogP contribution is -2.40. The van der Waals surface area contributed by atoms with E-state index >= 15 is 0 Å². The van der Waals surface area contributed by atoms with Crippen molar-refractivity contribution < 1.29 is 18.7 Å². The van der Waals surface area contributed by atoms with Gasteiger partial charge in [-0.1, -0.05) is 12.1 Å². The minimum atomic E-state index is -0.834. The number of hydrogen-bond donors (Lipinski definition) is 2. The fourth-order valence-electron chi connectivity index (χ4n) is 2.17. The molecule has 1 fully saturated rings. The Balaban J connectivity index is 1.61. The van der Waals surface area contributed by atoms with Gasteiger partial charge in [0.2, 0.25) is 0 Å². The summed E-state index contributed by atoms with van der Waals surface area (Å²) in [5.74, 6) is -1.92. The zero-order valence-electron chi connectivity index (χ0n) is 13.3. The van der Waals surface area contributed by atoms with Crippen LogP contribution in [-0.4, -0.2) is 62.3 Å². The standard InChI is InChI=1S/C16H21FN4O3/c17-14-4-2-13(3-5-14)12-19-20-16(23)15(22)18-6-1-7-21-8-10-24-11-9-21/h2-5,12H,1,6-11H2,(H,18,22)(H,20,23). The number of amides is 2. The molecule has 2 rings (SSSR count). The first-order chi connectivity index (χ1) is 11.6. The fourth-order valence-corrected chi connectivity index (χ4v) is 2.17. The van der Waals surface area contributed by atoms with Crippen molar-refractivity contribution in [3.8, 4) is 0 Å². The van der Waals surface area contributed by atoms with Crippen molar-refractivity contribution in [2.45, 2.75) is 6.42 Å². The van der Waals surface area contributed by atoms with Gasteiger partial charge >= 0.3 is 11.8 Å². The number of carbonyl (C=O) groups is 2. The number of nitrogens with zero attached hydrogens (tertiary/aromatic N) is 2. The van der Waals surface area contributed by atoms with E-state index in [-0.39, 0.29) is 5.82 Å². The van der Waals surface area contributed by atoms with Gasteiger partial charge < -0.3 is 10.1 Å². The van der Waals surface area contributed by atoms with Crippen LogP contribution < -0.4 is 10.7 Å². The largest absolute Gasteiger partial charge is 0.379 e. The van der Waals surface area contributed by atoms with E-state index in [0.717, 1.165) is 39.3 Å². The number of halogens is 1. The van der Waals surface area contributed by atoms with E-state index in [0.29, 0.717) is 12.1 Å². The van der Waals surface area contributed by atoms with Crippen LogP contribution in [0, 0.1) is 5.82 Å². The van der Waals surface area contributed by atoms with E-state index in [9.17, 15) is 14.0 Å². The third-order valence-corrected chi connectivity index (χ3v) is 3.50. The minimum Gasteiger partial charge on any atom is -0.379 e. The van der Waals surface area contributed by atoms with Crippen molar-refractivity contribution in [3.05, 3.63) is 35.6 Å². The fraction of sp³-hybridized carbons (Fsp3) is 0.438. The normalized spacial score (nSPS) is 15.4. The van der Waals surface area contributed by atoms with Crippen molar-refractivity contribution >= 4 is 18.0 Å². The Kier molecular flexibility index (Phi) is 7.31. The van der Waals surface area contributed by atoms with Gasteiger partial charge in [-0.05, 0) is 30.7 Å². The highest BCUT2D eigenvalue weighted by Crippen LogP contribution is 1.99. The van der Waals surface area contributed by atoms with Gasteiger partial charge in [-0.3, -0.25) is 14.5 Å². The summed E-state index contributed by atoms with van der Waals surface area (Å²) in [6.45, 7) is 4.54. The first-order valence-electron chi connectivity index (χ1n) is 7.82. The summed E-state index contributed by atoms with van der Waals surface area (Å²) < 4.78 is 18.0. The lowest BCUT2D eigenvalue weighted by molar-refractivity contribution is -0.139. The molecule has 7 nitrogen and oxygen atoms in total. The molecule has 8 heteroatoms. The molecule has 1 aliphatic rings. The second-order valence-corrected chi connectivity index (χ2v) is 5.31. The molecule has 0 spiro atoms. The van der Waals surface area contributed by atoms with Crippen LogP contribution in [-0.2, 0) is 14.3 Å². The third kappa shape index (κ3) is 6.43.